The van der Waals surface area contributed by atoms with E-state index in [4.69, 9.17) is 15.9 Å². The van der Waals surface area contributed by atoms with Crippen LogP contribution in [0.25, 0.3) is 0 Å². The van der Waals surface area contributed by atoms with E-state index in [1.165, 1.54) is 12.8 Å². The van der Waals surface area contributed by atoms with Crippen LogP contribution in [0.15, 0.2) is 18.2 Å². The second-order valence-electron chi connectivity index (χ2n) is 6.13. The standard InChI is InChI=1S/C16H23N3O2/c1-21-15-5-2-10(6-14(15)16(17)18)9-19-11-3-4-12(19)8-13(20)7-11/h2,5-6,11-13,20H,3-4,7-9H2,1H3,(H3,17,18). The first-order valence-electron chi connectivity index (χ1n) is 7.53. The van der Waals surface area contributed by atoms with Gasteiger partial charge in [-0.3, -0.25) is 10.3 Å². The van der Waals surface area contributed by atoms with Crippen molar-refractivity contribution in [3.63, 3.8) is 0 Å². The van der Waals surface area contributed by atoms with E-state index in [-0.39, 0.29) is 11.9 Å². The molecule has 0 radical (unpaired) electrons. The lowest BCUT2D eigenvalue weighted by Crippen LogP contribution is -2.44. The molecule has 5 nitrogen and oxygen atoms in total. The molecule has 2 unspecified atom stereocenters. The number of ether oxygens (including phenoxy) is 1. The van der Waals surface area contributed by atoms with E-state index in [2.05, 4.69) is 4.90 Å². The second-order valence-corrected chi connectivity index (χ2v) is 6.13. The highest BCUT2D eigenvalue weighted by Crippen LogP contribution is 2.37. The van der Waals surface area contributed by atoms with Gasteiger partial charge in [-0.05, 0) is 43.4 Å². The van der Waals surface area contributed by atoms with Gasteiger partial charge in [-0.15, -0.1) is 0 Å². The first kappa shape index (κ1) is 14.4. The van der Waals surface area contributed by atoms with Crippen molar-refractivity contribution in [1.29, 1.82) is 5.41 Å². The van der Waals surface area contributed by atoms with Gasteiger partial charge in [0.1, 0.15) is 11.6 Å². The van der Waals surface area contributed by atoms with Crippen molar-refractivity contribution in [2.45, 2.75) is 50.4 Å². The number of rotatable bonds is 4. The van der Waals surface area contributed by atoms with Gasteiger partial charge < -0.3 is 15.6 Å². The predicted octanol–water partition coefficient (Wildman–Crippen LogP) is 1.47. The van der Waals surface area contributed by atoms with E-state index in [0.717, 1.165) is 24.9 Å². The van der Waals surface area contributed by atoms with Crippen molar-refractivity contribution in [1.82, 2.24) is 4.90 Å². The van der Waals surface area contributed by atoms with Crippen molar-refractivity contribution in [3.05, 3.63) is 29.3 Å². The summed E-state index contributed by atoms with van der Waals surface area (Å²) < 4.78 is 5.25. The van der Waals surface area contributed by atoms with E-state index in [1.807, 2.05) is 18.2 Å². The van der Waals surface area contributed by atoms with Gasteiger partial charge >= 0.3 is 0 Å². The molecule has 2 aliphatic heterocycles. The van der Waals surface area contributed by atoms with Gasteiger partial charge in [-0.25, -0.2) is 0 Å². The summed E-state index contributed by atoms with van der Waals surface area (Å²) in [6, 6.07) is 6.84. The minimum atomic E-state index is -0.137. The van der Waals surface area contributed by atoms with Gasteiger partial charge in [0.25, 0.3) is 0 Å². The molecule has 0 saturated carbocycles. The molecule has 2 aliphatic rings. The molecular weight excluding hydrogens is 266 g/mol. The Morgan fingerprint density at radius 2 is 2.05 bits per heavy atom. The zero-order valence-electron chi connectivity index (χ0n) is 12.4. The molecule has 0 aliphatic carbocycles. The summed E-state index contributed by atoms with van der Waals surface area (Å²) in [7, 11) is 1.59. The number of aliphatic hydroxyl groups excluding tert-OH is 1. The summed E-state index contributed by atoms with van der Waals surface area (Å²) in [6.07, 6.45) is 3.98. The van der Waals surface area contributed by atoms with E-state index >= 15 is 0 Å². The Hall–Kier alpha value is -1.59. The average Bonchev–Trinajstić information content (AvgIpc) is 2.70. The molecule has 1 aromatic rings. The molecule has 0 aromatic heterocycles. The lowest BCUT2D eigenvalue weighted by Gasteiger charge is -2.37. The Kier molecular flexibility index (Phi) is 3.87. The minimum absolute atomic E-state index is 0.0331. The van der Waals surface area contributed by atoms with Gasteiger partial charge in [-0.2, -0.15) is 0 Å². The van der Waals surface area contributed by atoms with Crippen LogP contribution in [0.2, 0.25) is 0 Å². The minimum Gasteiger partial charge on any atom is -0.496 e. The van der Waals surface area contributed by atoms with Crippen molar-refractivity contribution < 1.29 is 9.84 Å². The Morgan fingerprint density at radius 3 is 2.62 bits per heavy atom. The molecule has 21 heavy (non-hydrogen) atoms. The molecule has 1 aromatic carbocycles. The molecule has 0 spiro atoms. The molecule has 4 N–H and O–H groups in total. The smallest absolute Gasteiger partial charge is 0.129 e. The maximum absolute atomic E-state index is 9.87. The Labute approximate surface area is 125 Å². The third-order valence-corrected chi connectivity index (χ3v) is 4.78. The number of methoxy groups -OCH3 is 1. The van der Waals surface area contributed by atoms with Crippen LogP contribution in [0.4, 0.5) is 0 Å². The number of amidine groups is 1. The molecule has 2 fully saturated rings. The van der Waals surface area contributed by atoms with Crippen LogP contribution >= 0.6 is 0 Å². The number of nitrogens with zero attached hydrogens (tertiary/aromatic N) is 1. The van der Waals surface area contributed by atoms with Crippen LogP contribution in [0.3, 0.4) is 0 Å². The average molecular weight is 289 g/mol. The molecule has 2 bridgehead atoms. The van der Waals surface area contributed by atoms with Crippen LogP contribution in [-0.2, 0) is 6.54 Å². The first-order chi connectivity index (χ1) is 10.1. The summed E-state index contributed by atoms with van der Waals surface area (Å²) in [5, 5.41) is 17.5. The van der Waals surface area contributed by atoms with Crippen molar-refractivity contribution in [2.75, 3.05) is 7.11 Å². The SMILES string of the molecule is COc1ccc(CN2C3CCC2CC(O)C3)cc1C(=N)N. The molecule has 2 atom stereocenters. The number of fused-ring (bicyclic) bond motifs is 2. The molecule has 2 heterocycles. The van der Waals surface area contributed by atoms with Gasteiger partial charge in [0.05, 0.1) is 18.8 Å². The number of hydrogen-bond donors (Lipinski definition) is 3. The van der Waals surface area contributed by atoms with E-state index in [9.17, 15) is 5.11 Å². The fraction of sp³-hybridized carbons (Fsp3) is 0.562. The summed E-state index contributed by atoms with van der Waals surface area (Å²) in [5.41, 5.74) is 7.43. The van der Waals surface area contributed by atoms with E-state index in [0.29, 0.717) is 23.4 Å². The number of nitrogens with one attached hydrogen (secondary N) is 1. The van der Waals surface area contributed by atoms with Gasteiger partial charge in [0, 0.05) is 18.6 Å². The normalized spacial score (nSPS) is 28.6. The number of hydrogen-bond acceptors (Lipinski definition) is 4. The molecule has 114 valence electrons. The van der Waals surface area contributed by atoms with Crippen LogP contribution in [-0.4, -0.2) is 41.1 Å². The predicted molar refractivity (Wildman–Crippen MR) is 81.6 cm³/mol. The number of piperidine rings is 1. The van der Waals surface area contributed by atoms with Crippen molar-refractivity contribution >= 4 is 5.84 Å². The fourth-order valence-corrected chi connectivity index (χ4v) is 3.78. The maximum atomic E-state index is 9.87. The largest absolute Gasteiger partial charge is 0.496 e. The van der Waals surface area contributed by atoms with Crippen LogP contribution < -0.4 is 10.5 Å². The first-order valence-corrected chi connectivity index (χ1v) is 7.53. The van der Waals surface area contributed by atoms with Crippen LogP contribution in [0.1, 0.15) is 36.8 Å². The Bertz CT molecular complexity index is 532. The summed E-state index contributed by atoms with van der Waals surface area (Å²) in [5.74, 6) is 0.675. The number of nitrogens with two attached hydrogens (primary N) is 1. The summed E-state index contributed by atoms with van der Waals surface area (Å²) in [6.45, 7) is 0.853. The zero-order valence-corrected chi connectivity index (χ0v) is 12.4. The van der Waals surface area contributed by atoms with Crippen molar-refractivity contribution in [3.8, 4) is 5.75 Å². The quantitative estimate of drug-likeness (QED) is 0.579. The Morgan fingerprint density at radius 1 is 1.38 bits per heavy atom. The number of benzene rings is 1. The second kappa shape index (κ2) is 5.66. The fourth-order valence-electron chi connectivity index (χ4n) is 3.78. The highest BCUT2D eigenvalue weighted by atomic mass is 16.5. The zero-order chi connectivity index (χ0) is 15.0. The number of aliphatic hydroxyl groups is 1. The van der Waals surface area contributed by atoms with Crippen LogP contribution in [0, 0.1) is 5.41 Å². The van der Waals surface area contributed by atoms with E-state index < -0.39 is 0 Å². The third-order valence-electron chi connectivity index (χ3n) is 4.78. The molecule has 3 rings (SSSR count). The Balaban J connectivity index is 1.79. The van der Waals surface area contributed by atoms with E-state index in [1.54, 1.807) is 7.11 Å². The van der Waals surface area contributed by atoms with Gasteiger partial charge in [0.15, 0.2) is 0 Å². The number of nitrogen functional groups attached to an aromatic ring is 1. The van der Waals surface area contributed by atoms with Gasteiger partial charge in [0.2, 0.25) is 0 Å². The summed E-state index contributed by atoms with van der Waals surface area (Å²) in [4.78, 5) is 2.50. The summed E-state index contributed by atoms with van der Waals surface area (Å²) >= 11 is 0. The molecular formula is C16H23N3O2. The van der Waals surface area contributed by atoms with Gasteiger partial charge in [-0.1, -0.05) is 6.07 Å². The highest BCUT2D eigenvalue weighted by Gasteiger charge is 2.39. The van der Waals surface area contributed by atoms with Crippen molar-refractivity contribution in [2.24, 2.45) is 5.73 Å². The lowest BCUT2D eigenvalue weighted by molar-refractivity contribution is 0.0310. The highest BCUT2D eigenvalue weighted by molar-refractivity contribution is 5.97. The molecule has 0 amide bonds. The monoisotopic (exact) mass is 289 g/mol. The third kappa shape index (κ3) is 2.76. The van der Waals surface area contributed by atoms with Crippen LogP contribution in [0.5, 0.6) is 5.75 Å². The molecule has 2 saturated heterocycles. The molecule has 5 heteroatoms. The topological polar surface area (TPSA) is 82.6 Å². The lowest BCUT2D eigenvalue weighted by atomic mass is 9.98. The maximum Gasteiger partial charge on any atom is 0.129 e.